The molecule has 0 saturated heterocycles. The summed E-state index contributed by atoms with van der Waals surface area (Å²) in [4.78, 5) is 11.2. The van der Waals surface area contributed by atoms with Crippen molar-refractivity contribution in [1.29, 1.82) is 0 Å². The fraction of sp³-hybridized carbons (Fsp3) is 0.133. The first kappa shape index (κ1) is 14.3. The molecule has 0 unspecified atom stereocenters. The van der Waals surface area contributed by atoms with Gasteiger partial charge in [0, 0.05) is 5.56 Å². The molecule has 104 valence electrons. The highest BCUT2D eigenvalue weighted by Crippen LogP contribution is 2.14. The number of rotatable bonds is 5. The molecular weight excluding hydrogens is 274 g/mol. The van der Waals surface area contributed by atoms with Crippen LogP contribution in [0.25, 0.3) is 0 Å². The molecule has 0 spiro atoms. The zero-order valence-corrected chi connectivity index (χ0v) is 11.6. The summed E-state index contributed by atoms with van der Waals surface area (Å²) in [6, 6.07) is 15.1. The number of carbonyl (C=O) groups is 1. The average molecular weight is 289 g/mol. The molecule has 2 aromatic rings. The van der Waals surface area contributed by atoms with E-state index in [4.69, 9.17) is 5.73 Å². The largest absolute Gasteiger partial charge is 0.366 e. The van der Waals surface area contributed by atoms with Crippen LogP contribution in [0.5, 0.6) is 0 Å². The average Bonchev–Trinajstić information content (AvgIpc) is 2.46. The van der Waals surface area contributed by atoms with Gasteiger partial charge in [-0.2, -0.15) is 0 Å². The maximum atomic E-state index is 12.2. The quantitative estimate of drug-likeness (QED) is 0.911. The molecule has 2 aromatic carbocycles. The Kier molecular flexibility index (Phi) is 4.20. The van der Waals surface area contributed by atoms with Gasteiger partial charge in [0.1, 0.15) is 0 Å². The first-order valence-corrected chi connectivity index (χ1v) is 7.81. The highest BCUT2D eigenvalue weighted by atomic mass is 32.2. The predicted molar refractivity (Wildman–Crippen MR) is 77.2 cm³/mol. The predicted octanol–water partition coefficient (Wildman–Crippen LogP) is 1.80. The van der Waals surface area contributed by atoms with Gasteiger partial charge in [0.25, 0.3) is 0 Å². The van der Waals surface area contributed by atoms with Gasteiger partial charge < -0.3 is 5.73 Å². The smallest absolute Gasteiger partial charge is 0.248 e. The highest BCUT2D eigenvalue weighted by molar-refractivity contribution is 7.91. The number of nitrogens with two attached hydrogens (primary N) is 1. The maximum Gasteiger partial charge on any atom is 0.248 e. The molecule has 0 aromatic heterocycles. The third-order valence-electron chi connectivity index (χ3n) is 3.00. The molecule has 0 heterocycles. The normalized spacial score (nSPS) is 11.2. The first-order chi connectivity index (χ1) is 9.49. The van der Waals surface area contributed by atoms with Crippen LogP contribution in [-0.4, -0.2) is 20.1 Å². The van der Waals surface area contributed by atoms with E-state index in [1.165, 1.54) is 24.3 Å². The Balaban J connectivity index is 2.12. The second-order valence-corrected chi connectivity index (χ2v) is 6.55. The lowest BCUT2D eigenvalue weighted by Crippen LogP contribution is -2.12. The Morgan fingerprint density at radius 2 is 1.55 bits per heavy atom. The lowest BCUT2D eigenvalue weighted by atomic mass is 10.2. The Morgan fingerprint density at radius 1 is 0.950 bits per heavy atom. The zero-order chi connectivity index (χ0) is 14.6. The SMILES string of the molecule is NC(=O)c1ccc(S(=O)(=O)CCc2ccccc2)cc1. The van der Waals surface area contributed by atoms with Crippen molar-refractivity contribution in [2.45, 2.75) is 11.3 Å². The molecule has 0 aliphatic heterocycles. The summed E-state index contributed by atoms with van der Waals surface area (Å²) in [5, 5.41) is 0. The van der Waals surface area contributed by atoms with Crippen molar-refractivity contribution < 1.29 is 13.2 Å². The van der Waals surface area contributed by atoms with Crippen LogP contribution in [0, 0.1) is 0 Å². The van der Waals surface area contributed by atoms with Gasteiger partial charge in [0.05, 0.1) is 10.6 Å². The Bertz CT molecular complexity index is 692. The molecule has 0 saturated carbocycles. The Hall–Kier alpha value is -2.14. The lowest BCUT2D eigenvalue weighted by Gasteiger charge is -2.05. The number of sulfone groups is 1. The van der Waals surface area contributed by atoms with Crippen LogP contribution in [0.2, 0.25) is 0 Å². The molecular formula is C15H15NO3S. The number of carbonyl (C=O) groups excluding carboxylic acids is 1. The van der Waals surface area contributed by atoms with E-state index in [0.29, 0.717) is 12.0 Å². The monoisotopic (exact) mass is 289 g/mol. The van der Waals surface area contributed by atoms with E-state index in [-0.39, 0.29) is 10.6 Å². The van der Waals surface area contributed by atoms with Gasteiger partial charge in [-0.3, -0.25) is 4.79 Å². The third kappa shape index (κ3) is 3.45. The summed E-state index contributed by atoms with van der Waals surface area (Å²) < 4.78 is 24.3. The molecule has 1 amide bonds. The molecule has 0 radical (unpaired) electrons. The van der Waals surface area contributed by atoms with Crippen molar-refractivity contribution >= 4 is 15.7 Å². The van der Waals surface area contributed by atoms with Gasteiger partial charge in [-0.05, 0) is 36.2 Å². The summed E-state index contributed by atoms with van der Waals surface area (Å²) in [5.41, 5.74) is 6.39. The van der Waals surface area contributed by atoms with Gasteiger partial charge in [0.2, 0.25) is 5.91 Å². The minimum absolute atomic E-state index is 0.0347. The molecule has 0 bridgehead atoms. The minimum atomic E-state index is -3.35. The van der Waals surface area contributed by atoms with Crippen LogP contribution < -0.4 is 5.73 Å². The van der Waals surface area contributed by atoms with Gasteiger partial charge in [-0.25, -0.2) is 8.42 Å². The lowest BCUT2D eigenvalue weighted by molar-refractivity contribution is 0.1000. The molecule has 0 atom stereocenters. The number of hydrogen-bond donors (Lipinski definition) is 1. The highest BCUT2D eigenvalue weighted by Gasteiger charge is 2.14. The summed E-state index contributed by atoms with van der Waals surface area (Å²) >= 11 is 0. The van der Waals surface area contributed by atoms with Gasteiger partial charge in [-0.1, -0.05) is 30.3 Å². The van der Waals surface area contributed by atoms with E-state index in [0.717, 1.165) is 5.56 Å². The maximum absolute atomic E-state index is 12.2. The van der Waals surface area contributed by atoms with Crippen LogP contribution in [-0.2, 0) is 16.3 Å². The first-order valence-electron chi connectivity index (χ1n) is 6.15. The molecule has 0 aliphatic carbocycles. The van der Waals surface area contributed by atoms with Crippen LogP contribution in [0.4, 0.5) is 0 Å². The standard InChI is InChI=1S/C15H15NO3S/c16-15(17)13-6-8-14(9-7-13)20(18,19)11-10-12-4-2-1-3-5-12/h1-9H,10-11H2,(H2,16,17). The zero-order valence-electron chi connectivity index (χ0n) is 10.8. The van der Waals surface area contributed by atoms with E-state index in [2.05, 4.69) is 0 Å². The van der Waals surface area contributed by atoms with Crippen LogP contribution in [0.1, 0.15) is 15.9 Å². The molecule has 2 N–H and O–H groups in total. The summed E-state index contributed by atoms with van der Waals surface area (Å²) in [7, 11) is -3.35. The Morgan fingerprint density at radius 3 is 2.10 bits per heavy atom. The van der Waals surface area contributed by atoms with Crippen LogP contribution in [0.15, 0.2) is 59.5 Å². The fourth-order valence-corrected chi connectivity index (χ4v) is 3.13. The second-order valence-electron chi connectivity index (χ2n) is 4.44. The van der Waals surface area contributed by atoms with E-state index < -0.39 is 15.7 Å². The third-order valence-corrected chi connectivity index (χ3v) is 4.73. The van der Waals surface area contributed by atoms with E-state index in [1.807, 2.05) is 30.3 Å². The molecule has 0 fully saturated rings. The number of benzene rings is 2. The Labute approximate surface area is 118 Å². The molecule has 20 heavy (non-hydrogen) atoms. The van der Waals surface area contributed by atoms with Crippen molar-refractivity contribution in [3.8, 4) is 0 Å². The van der Waals surface area contributed by atoms with Crippen molar-refractivity contribution in [2.75, 3.05) is 5.75 Å². The second kappa shape index (κ2) is 5.88. The number of primary amides is 1. The minimum Gasteiger partial charge on any atom is -0.366 e. The van der Waals surface area contributed by atoms with Gasteiger partial charge in [-0.15, -0.1) is 0 Å². The fourth-order valence-electron chi connectivity index (χ4n) is 1.84. The summed E-state index contributed by atoms with van der Waals surface area (Å²) in [5.74, 6) is -0.536. The van der Waals surface area contributed by atoms with E-state index >= 15 is 0 Å². The van der Waals surface area contributed by atoms with Crippen LogP contribution in [0.3, 0.4) is 0 Å². The van der Waals surface area contributed by atoms with Gasteiger partial charge >= 0.3 is 0 Å². The molecule has 5 heteroatoms. The van der Waals surface area contributed by atoms with Crippen molar-refractivity contribution in [1.82, 2.24) is 0 Å². The summed E-state index contributed by atoms with van der Waals surface area (Å²) in [6.07, 6.45) is 0.459. The number of amides is 1. The molecule has 2 rings (SSSR count). The van der Waals surface area contributed by atoms with Crippen LogP contribution >= 0.6 is 0 Å². The van der Waals surface area contributed by atoms with Gasteiger partial charge in [0.15, 0.2) is 9.84 Å². The van der Waals surface area contributed by atoms with E-state index in [9.17, 15) is 13.2 Å². The number of aryl methyl sites for hydroxylation is 1. The van der Waals surface area contributed by atoms with E-state index in [1.54, 1.807) is 0 Å². The number of hydrogen-bond acceptors (Lipinski definition) is 3. The van der Waals surface area contributed by atoms with Crippen molar-refractivity contribution in [3.05, 3.63) is 65.7 Å². The molecule has 0 aliphatic rings. The summed E-state index contributed by atoms with van der Waals surface area (Å²) in [6.45, 7) is 0. The van der Waals surface area contributed by atoms with Crippen molar-refractivity contribution in [2.24, 2.45) is 5.73 Å². The molecule has 4 nitrogen and oxygen atoms in total. The topological polar surface area (TPSA) is 77.2 Å². The van der Waals surface area contributed by atoms with Crippen molar-refractivity contribution in [3.63, 3.8) is 0 Å².